The standard InChI is InChI=1S/C31H38N4O4/c1-6-38-28-16-12-27(13-17-28)35-23(4)18-26(24(35)5)19-32-33-31(37)25-10-14-29(15-11-25)39-20-30(36)34-21(2)8-7-9-22(34)3/h10-19,21-22H,6-9,20H2,1-5H3,(H,33,37)/b32-19-/t21-,22-/m0/s1. The molecule has 0 bridgehead atoms. The van der Waals surface area contributed by atoms with Gasteiger partial charge in [0.25, 0.3) is 11.8 Å². The van der Waals surface area contributed by atoms with Crippen LogP contribution in [0.25, 0.3) is 5.69 Å². The molecule has 2 atom stereocenters. The fourth-order valence-electron chi connectivity index (χ4n) is 5.23. The van der Waals surface area contributed by atoms with Crippen molar-refractivity contribution >= 4 is 18.0 Å². The number of carbonyl (C=O) groups is 2. The largest absolute Gasteiger partial charge is 0.494 e. The smallest absolute Gasteiger partial charge is 0.271 e. The van der Waals surface area contributed by atoms with Crippen molar-refractivity contribution in [1.82, 2.24) is 14.9 Å². The number of rotatable bonds is 9. The van der Waals surface area contributed by atoms with Gasteiger partial charge in [-0.25, -0.2) is 5.43 Å². The minimum absolute atomic E-state index is 0.00672. The van der Waals surface area contributed by atoms with Gasteiger partial charge in [-0.05, 0) is 108 Å². The van der Waals surface area contributed by atoms with Crippen molar-refractivity contribution in [3.63, 3.8) is 0 Å². The van der Waals surface area contributed by atoms with Gasteiger partial charge >= 0.3 is 0 Å². The maximum atomic E-state index is 12.7. The number of hydrogen-bond acceptors (Lipinski definition) is 5. The zero-order chi connectivity index (χ0) is 27.9. The molecule has 1 aliphatic heterocycles. The molecule has 8 nitrogen and oxygen atoms in total. The molecule has 2 heterocycles. The highest BCUT2D eigenvalue weighted by atomic mass is 16.5. The molecule has 1 fully saturated rings. The van der Waals surface area contributed by atoms with Crippen LogP contribution in [0.15, 0.2) is 59.7 Å². The number of hydrogen-bond donors (Lipinski definition) is 1. The van der Waals surface area contributed by atoms with Crippen molar-refractivity contribution < 1.29 is 19.1 Å². The predicted octanol–water partition coefficient (Wildman–Crippen LogP) is 5.43. The Balaban J connectivity index is 1.32. The van der Waals surface area contributed by atoms with Crippen LogP contribution in [-0.2, 0) is 4.79 Å². The van der Waals surface area contributed by atoms with Crippen LogP contribution in [0.2, 0.25) is 0 Å². The third-order valence-electron chi connectivity index (χ3n) is 7.21. The summed E-state index contributed by atoms with van der Waals surface area (Å²) >= 11 is 0. The van der Waals surface area contributed by atoms with Crippen LogP contribution < -0.4 is 14.9 Å². The third kappa shape index (κ3) is 6.69. The first-order valence-electron chi connectivity index (χ1n) is 13.6. The van der Waals surface area contributed by atoms with Gasteiger partial charge in [0, 0.05) is 40.3 Å². The molecular weight excluding hydrogens is 492 g/mol. The number of piperidine rings is 1. The number of benzene rings is 2. The van der Waals surface area contributed by atoms with E-state index in [-0.39, 0.29) is 30.5 Å². The summed E-state index contributed by atoms with van der Waals surface area (Å²) in [5.74, 6) is 1.04. The fraction of sp³-hybridized carbons (Fsp3) is 0.387. The lowest BCUT2D eigenvalue weighted by molar-refractivity contribution is -0.139. The van der Waals surface area contributed by atoms with E-state index in [2.05, 4.69) is 28.9 Å². The second kappa shape index (κ2) is 12.7. The topological polar surface area (TPSA) is 85.2 Å². The molecular formula is C31H38N4O4. The lowest BCUT2D eigenvalue weighted by Gasteiger charge is -2.38. The van der Waals surface area contributed by atoms with Crippen LogP contribution in [0.5, 0.6) is 11.5 Å². The highest BCUT2D eigenvalue weighted by molar-refractivity contribution is 5.95. The molecule has 4 rings (SSSR count). The van der Waals surface area contributed by atoms with Crippen LogP contribution in [0.4, 0.5) is 0 Å². The van der Waals surface area contributed by atoms with Gasteiger partial charge in [0.05, 0.1) is 12.8 Å². The monoisotopic (exact) mass is 530 g/mol. The first-order chi connectivity index (χ1) is 18.8. The van der Waals surface area contributed by atoms with Crippen LogP contribution in [0.3, 0.4) is 0 Å². The van der Waals surface area contributed by atoms with E-state index < -0.39 is 0 Å². The molecule has 8 heteroatoms. The second-order valence-electron chi connectivity index (χ2n) is 10.0. The first kappa shape index (κ1) is 28.0. The van der Waals surface area contributed by atoms with E-state index in [0.717, 1.165) is 47.7 Å². The Bertz CT molecular complexity index is 1300. The summed E-state index contributed by atoms with van der Waals surface area (Å²) in [5.41, 5.74) is 7.05. The quantitative estimate of drug-likeness (QED) is 0.296. The van der Waals surface area contributed by atoms with E-state index >= 15 is 0 Å². The summed E-state index contributed by atoms with van der Waals surface area (Å²) in [6, 6.07) is 17.1. The van der Waals surface area contributed by atoms with Crippen molar-refractivity contribution in [3.8, 4) is 17.2 Å². The average molecular weight is 531 g/mol. The van der Waals surface area contributed by atoms with Crippen LogP contribution in [-0.4, -0.2) is 52.8 Å². The van der Waals surface area contributed by atoms with Crippen molar-refractivity contribution in [3.05, 3.63) is 77.1 Å². The number of hydrazone groups is 1. The van der Waals surface area contributed by atoms with Crippen molar-refractivity contribution in [1.29, 1.82) is 0 Å². The van der Waals surface area contributed by atoms with E-state index in [1.54, 1.807) is 30.5 Å². The van der Waals surface area contributed by atoms with E-state index in [0.29, 0.717) is 17.9 Å². The molecule has 0 unspecified atom stereocenters. The van der Waals surface area contributed by atoms with Gasteiger partial charge in [-0.2, -0.15) is 5.10 Å². The summed E-state index contributed by atoms with van der Waals surface area (Å²) in [7, 11) is 0. The van der Waals surface area contributed by atoms with Crippen LogP contribution in [0, 0.1) is 13.8 Å². The Morgan fingerprint density at radius 3 is 2.23 bits per heavy atom. The fourth-order valence-corrected chi connectivity index (χ4v) is 5.23. The number of ether oxygens (including phenoxy) is 2. The summed E-state index contributed by atoms with van der Waals surface area (Å²) in [6.07, 6.45) is 4.85. The van der Waals surface area contributed by atoms with Gasteiger partial charge in [-0.15, -0.1) is 0 Å². The van der Waals surface area contributed by atoms with Gasteiger partial charge in [0.15, 0.2) is 6.61 Å². The Morgan fingerprint density at radius 2 is 1.59 bits per heavy atom. The Hall–Kier alpha value is -4.07. The van der Waals surface area contributed by atoms with Crippen molar-refractivity contribution in [2.75, 3.05) is 13.2 Å². The molecule has 39 heavy (non-hydrogen) atoms. The number of nitrogens with one attached hydrogen (secondary N) is 1. The summed E-state index contributed by atoms with van der Waals surface area (Å²) in [4.78, 5) is 27.2. The molecule has 1 aliphatic rings. The molecule has 2 aromatic carbocycles. The molecule has 0 aliphatic carbocycles. The van der Waals surface area contributed by atoms with Gasteiger partial charge in [0.2, 0.25) is 0 Å². The summed E-state index contributed by atoms with van der Waals surface area (Å²) < 4.78 is 13.4. The number of nitrogens with zero attached hydrogens (tertiary/aromatic N) is 3. The van der Waals surface area contributed by atoms with Crippen molar-refractivity contribution in [2.45, 2.75) is 66.0 Å². The SMILES string of the molecule is CCOc1ccc(-n2c(C)cc(/C=N\NC(=O)c3ccc(OCC(=O)N4[C@@H](C)CCC[C@@H]4C)cc3)c2C)cc1. The maximum Gasteiger partial charge on any atom is 0.271 e. The van der Waals surface area contributed by atoms with Gasteiger partial charge < -0.3 is 18.9 Å². The van der Waals surface area contributed by atoms with E-state index in [1.807, 2.05) is 56.0 Å². The number of aromatic nitrogens is 1. The molecule has 1 saturated heterocycles. The van der Waals surface area contributed by atoms with Crippen molar-refractivity contribution in [2.24, 2.45) is 5.10 Å². The third-order valence-corrected chi connectivity index (χ3v) is 7.21. The minimum Gasteiger partial charge on any atom is -0.494 e. The number of likely N-dealkylation sites (tertiary alicyclic amines) is 1. The minimum atomic E-state index is -0.329. The molecule has 1 N–H and O–H groups in total. The van der Waals surface area contributed by atoms with Crippen LogP contribution in [0.1, 0.15) is 67.3 Å². The molecule has 206 valence electrons. The van der Waals surface area contributed by atoms with Crippen LogP contribution >= 0.6 is 0 Å². The number of carbonyl (C=O) groups excluding carboxylic acids is 2. The molecule has 0 saturated carbocycles. The second-order valence-corrected chi connectivity index (χ2v) is 10.0. The van der Waals surface area contributed by atoms with Gasteiger partial charge in [0.1, 0.15) is 11.5 Å². The highest BCUT2D eigenvalue weighted by Gasteiger charge is 2.29. The lowest BCUT2D eigenvalue weighted by atomic mass is 9.97. The van der Waals surface area contributed by atoms with Gasteiger partial charge in [-0.3, -0.25) is 9.59 Å². The van der Waals surface area contributed by atoms with E-state index in [1.165, 1.54) is 0 Å². The zero-order valence-corrected chi connectivity index (χ0v) is 23.4. The molecule has 3 aromatic rings. The zero-order valence-electron chi connectivity index (χ0n) is 23.4. The Labute approximate surface area is 230 Å². The predicted molar refractivity (Wildman–Crippen MR) is 153 cm³/mol. The van der Waals surface area contributed by atoms with E-state index in [4.69, 9.17) is 9.47 Å². The maximum absolute atomic E-state index is 12.7. The summed E-state index contributed by atoms with van der Waals surface area (Å²) in [5, 5.41) is 4.17. The number of aryl methyl sites for hydroxylation is 1. The first-order valence-corrected chi connectivity index (χ1v) is 13.6. The number of amides is 2. The molecule has 1 aromatic heterocycles. The van der Waals surface area contributed by atoms with E-state index in [9.17, 15) is 9.59 Å². The normalized spacial score (nSPS) is 17.3. The lowest BCUT2D eigenvalue weighted by Crippen LogP contribution is -2.49. The molecule has 0 radical (unpaired) electrons. The van der Waals surface area contributed by atoms with Gasteiger partial charge in [-0.1, -0.05) is 0 Å². The highest BCUT2D eigenvalue weighted by Crippen LogP contribution is 2.24. The Kier molecular flexibility index (Phi) is 9.07. The molecule has 2 amide bonds. The average Bonchev–Trinajstić information content (AvgIpc) is 3.20. The molecule has 0 spiro atoms. The summed E-state index contributed by atoms with van der Waals surface area (Å²) in [6.45, 7) is 10.8. The Morgan fingerprint density at radius 1 is 0.974 bits per heavy atom.